The van der Waals surface area contributed by atoms with Crippen molar-refractivity contribution in [2.24, 2.45) is 23.7 Å². The van der Waals surface area contributed by atoms with Gasteiger partial charge in [0.25, 0.3) is 0 Å². The number of hydrogen-bond acceptors (Lipinski definition) is 0. The molecule has 1 aliphatic rings. The molecule has 0 heteroatoms. The Morgan fingerprint density at radius 2 is 2.00 bits per heavy atom. The van der Waals surface area contributed by atoms with Crippen molar-refractivity contribution in [2.45, 2.75) is 47.0 Å². The van der Waals surface area contributed by atoms with Gasteiger partial charge in [-0.05, 0) is 30.1 Å². The minimum atomic E-state index is 0.919. The van der Waals surface area contributed by atoms with Crippen LogP contribution in [-0.4, -0.2) is 0 Å². The predicted octanol–water partition coefficient (Wildman–Crippen LogP) is 3.71. The topological polar surface area (TPSA) is 0 Å². The zero-order chi connectivity index (χ0) is 8.43. The number of hydrogen-bond donors (Lipinski definition) is 0. The third kappa shape index (κ3) is 1.77. The molecule has 0 aromatic heterocycles. The molecule has 66 valence electrons. The highest BCUT2D eigenvalue weighted by molar-refractivity contribution is 4.87. The summed E-state index contributed by atoms with van der Waals surface area (Å²) in [5.41, 5.74) is 0. The molecule has 1 fully saturated rings. The lowest BCUT2D eigenvalue weighted by Crippen LogP contribution is -2.37. The Kier molecular flexibility index (Phi) is 2.98. The normalized spacial score (nSPS) is 37.4. The molecule has 0 aliphatic heterocycles. The minimum absolute atomic E-state index is 0.919. The van der Waals surface area contributed by atoms with Crippen molar-refractivity contribution in [2.75, 3.05) is 0 Å². The van der Waals surface area contributed by atoms with Crippen LogP contribution in [0.4, 0.5) is 0 Å². The largest absolute Gasteiger partial charge is 0.0654 e. The Balaban J connectivity index is 2.35. The Hall–Kier alpha value is 0. The lowest BCUT2D eigenvalue weighted by Gasteiger charge is -2.45. The molecule has 1 aliphatic carbocycles. The molecule has 3 unspecified atom stereocenters. The van der Waals surface area contributed by atoms with Crippen LogP contribution >= 0.6 is 0 Å². The Bertz CT molecular complexity index is 115. The molecule has 1 saturated carbocycles. The summed E-state index contributed by atoms with van der Waals surface area (Å²) in [5.74, 6) is 4.04. The highest BCUT2D eigenvalue weighted by Gasteiger charge is 2.38. The van der Waals surface area contributed by atoms with E-state index in [2.05, 4.69) is 27.7 Å². The highest BCUT2D eigenvalue weighted by Crippen LogP contribution is 2.46. The third-order valence-electron chi connectivity index (χ3n) is 3.40. The van der Waals surface area contributed by atoms with Crippen LogP contribution in [0.2, 0.25) is 0 Å². The average Bonchev–Trinajstić information content (AvgIpc) is 1.95. The predicted molar refractivity (Wildman–Crippen MR) is 50.5 cm³/mol. The molecule has 0 nitrogen and oxygen atoms in total. The number of rotatable bonds is 3. The van der Waals surface area contributed by atoms with Crippen molar-refractivity contribution >= 4 is 0 Å². The third-order valence-corrected chi connectivity index (χ3v) is 3.40. The molecule has 1 rings (SSSR count). The van der Waals surface area contributed by atoms with E-state index in [4.69, 9.17) is 0 Å². The van der Waals surface area contributed by atoms with Gasteiger partial charge in [-0.1, -0.05) is 40.5 Å². The first-order valence-corrected chi connectivity index (χ1v) is 5.16. The van der Waals surface area contributed by atoms with Crippen molar-refractivity contribution in [3.63, 3.8) is 0 Å². The van der Waals surface area contributed by atoms with Gasteiger partial charge in [0.05, 0.1) is 0 Å². The van der Waals surface area contributed by atoms with E-state index in [-0.39, 0.29) is 0 Å². The van der Waals surface area contributed by atoms with Gasteiger partial charge in [-0.3, -0.25) is 0 Å². The summed E-state index contributed by atoms with van der Waals surface area (Å²) in [5, 5.41) is 0. The van der Waals surface area contributed by atoms with Crippen LogP contribution in [0, 0.1) is 23.7 Å². The quantitative estimate of drug-likeness (QED) is 0.581. The lowest BCUT2D eigenvalue weighted by atomic mass is 9.60. The average molecular weight is 154 g/mol. The molecule has 0 aromatic carbocycles. The fraction of sp³-hybridized carbons (Fsp3) is 1.00. The summed E-state index contributed by atoms with van der Waals surface area (Å²) in [4.78, 5) is 0. The molecule has 0 saturated heterocycles. The minimum Gasteiger partial charge on any atom is -0.0654 e. The van der Waals surface area contributed by atoms with Crippen LogP contribution < -0.4 is 0 Å². The maximum absolute atomic E-state index is 2.42. The smallest absolute Gasteiger partial charge is 0.0357 e. The summed E-state index contributed by atoms with van der Waals surface area (Å²) < 4.78 is 0. The summed E-state index contributed by atoms with van der Waals surface area (Å²) in [6.45, 7) is 9.47. The summed E-state index contributed by atoms with van der Waals surface area (Å²) in [6.07, 6.45) is 4.32. The van der Waals surface area contributed by atoms with Crippen LogP contribution in [0.25, 0.3) is 0 Å². The van der Waals surface area contributed by atoms with Crippen molar-refractivity contribution in [3.05, 3.63) is 0 Å². The van der Waals surface area contributed by atoms with Crippen LogP contribution in [0.3, 0.4) is 0 Å². The monoisotopic (exact) mass is 154 g/mol. The van der Waals surface area contributed by atoms with E-state index in [1.54, 1.807) is 0 Å². The van der Waals surface area contributed by atoms with Crippen molar-refractivity contribution in [1.82, 2.24) is 0 Å². The first kappa shape index (κ1) is 9.09. The molecule has 11 heavy (non-hydrogen) atoms. The van der Waals surface area contributed by atoms with Crippen LogP contribution in [0.15, 0.2) is 0 Å². The molecular weight excluding hydrogens is 132 g/mol. The standard InChI is InChI=1S/C11H22/c1-5-6-10-9(4)7-11(10)8(2)3/h8-11H,5-7H2,1-4H3. The van der Waals surface area contributed by atoms with Crippen molar-refractivity contribution < 1.29 is 0 Å². The van der Waals surface area contributed by atoms with Crippen molar-refractivity contribution in [1.29, 1.82) is 0 Å². The van der Waals surface area contributed by atoms with E-state index in [1.807, 2.05) is 0 Å². The molecular formula is C11H22. The van der Waals surface area contributed by atoms with E-state index in [0.717, 1.165) is 23.7 Å². The van der Waals surface area contributed by atoms with Gasteiger partial charge >= 0.3 is 0 Å². The molecule has 0 heterocycles. The summed E-state index contributed by atoms with van der Waals surface area (Å²) >= 11 is 0. The Labute approximate surface area is 71.4 Å². The SMILES string of the molecule is CCCC1C(C)CC1C(C)C. The highest BCUT2D eigenvalue weighted by atomic mass is 14.4. The molecule has 0 spiro atoms. The van der Waals surface area contributed by atoms with E-state index >= 15 is 0 Å². The molecule has 0 bridgehead atoms. The van der Waals surface area contributed by atoms with Gasteiger partial charge in [0.2, 0.25) is 0 Å². The maximum atomic E-state index is 2.42. The van der Waals surface area contributed by atoms with Gasteiger partial charge in [0, 0.05) is 0 Å². The Morgan fingerprint density at radius 1 is 1.36 bits per heavy atom. The van der Waals surface area contributed by atoms with E-state index in [1.165, 1.54) is 19.3 Å². The molecule has 0 aromatic rings. The van der Waals surface area contributed by atoms with Crippen LogP contribution in [-0.2, 0) is 0 Å². The molecule has 0 radical (unpaired) electrons. The summed E-state index contributed by atoms with van der Waals surface area (Å²) in [6, 6.07) is 0. The van der Waals surface area contributed by atoms with Crippen LogP contribution in [0.1, 0.15) is 47.0 Å². The van der Waals surface area contributed by atoms with Gasteiger partial charge in [0.1, 0.15) is 0 Å². The van der Waals surface area contributed by atoms with Gasteiger partial charge in [0.15, 0.2) is 0 Å². The fourth-order valence-corrected chi connectivity index (χ4v) is 2.60. The first-order chi connectivity index (χ1) is 5.16. The second-order valence-corrected chi connectivity index (χ2v) is 4.57. The van der Waals surface area contributed by atoms with Gasteiger partial charge in [-0.25, -0.2) is 0 Å². The molecule has 0 N–H and O–H groups in total. The van der Waals surface area contributed by atoms with Gasteiger partial charge in [-0.15, -0.1) is 0 Å². The van der Waals surface area contributed by atoms with E-state index in [0.29, 0.717) is 0 Å². The maximum Gasteiger partial charge on any atom is -0.0357 e. The van der Waals surface area contributed by atoms with Crippen LogP contribution in [0.5, 0.6) is 0 Å². The first-order valence-electron chi connectivity index (χ1n) is 5.16. The van der Waals surface area contributed by atoms with Gasteiger partial charge < -0.3 is 0 Å². The lowest BCUT2D eigenvalue weighted by molar-refractivity contribution is 0.0394. The fourth-order valence-electron chi connectivity index (χ4n) is 2.60. The van der Waals surface area contributed by atoms with Crippen molar-refractivity contribution in [3.8, 4) is 0 Å². The van der Waals surface area contributed by atoms with E-state index < -0.39 is 0 Å². The summed E-state index contributed by atoms with van der Waals surface area (Å²) in [7, 11) is 0. The molecule has 0 amide bonds. The van der Waals surface area contributed by atoms with Gasteiger partial charge in [-0.2, -0.15) is 0 Å². The second kappa shape index (κ2) is 3.60. The zero-order valence-corrected chi connectivity index (χ0v) is 8.43. The molecule has 3 atom stereocenters. The zero-order valence-electron chi connectivity index (χ0n) is 8.43. The second-order valence-electron chi connectivity index (χ2n) is 4.57. The van der Waals surface area contributed by atoms with E-state index in [9.17, 15) is 0 Å². The Morgan fingerprint density at radius 3 is 2.36 bits per heavy atom.